The lowest BCUT2D eigenvalue weighted by Gasteiger charge is -2.08. The van der Waals surface area contributed by atoms with Crippen molar-refractivity contribution in [3.63, 3.8) is 0 Å². The van der Waals surface area contributed by atoms with E-state index >= 15 is 0 Å². The first kappa shape index (κ1) is 8.27. The molecule has 1 aromatic rings. The molecule has 0 aromatic carbocycles. The summed E-state index contributed by atoms with van der Waals surface area (Å²) in [6, 6.07) is 4.31. The van der Waals surface area contributed by atoms with E-state index in [1.54, 1.807) is 0 Å². The normalized spacial score (nSPS) is 33.7. The van der Waals surface area contributed by atoms with Gasteiger partial charge in [-0.15, -0.1) is 11.3 Å². The van der Waals surface area contributed by atoms with Gasteiger partial charge in [0.1, 0.15) is 0 Å². The quantitative estimate of drug-likeness (QED) is 0.690. The van der Waals surface area contributed by atoms with E-state index in [1.807, 2.05) is 11.3 Å². The zero-order valence-electron chi connectivity index (χ0n) is 6.10. The van der Waals surface area contributed by atoms with Crippen LogP contribution in [0.15, 0.2) is 17.5 Å². The summed E-state index contributed by atoms with van der Waals surface area (Å²) in [7, 11) is 0. The summed E-state index contributed by atoms with van der Waals surface area (Å²) in [6.45, 7) is 2.28. The van der Waals surface area contributed by atoms with Gasteiger partial charge in [0.15, 0.2) is 0 Å². The maximum atomic E-state index is 3.65. The molecule has 3 heteroatoms. The van der Waals surface area contributed by atoms with Crippen molar-refractivity contribution in [1.82, 2.24) is 0 Å². The molecule has 0 nitrogen and oxygen atoms in total. The van der Waals surface area contributed by atoms with Crippen LogP contribution in [0.1, 0.15) is 18.2 Å². The molecule has 1 unspecified atom stereocenters. The van der Waals surface area contributed by atoms with Gasteiger partial charge < -0.3 is 0 Å². The molecule has 1 fully saturated rings. The Hall–Kier alpha value is 0.660. The van der Waals surface area contributed by atoms with Gasteiger partial charge >= 0.3 is 0 Å². The standard InChI is InChI=1S/C8H8Br2S/c1-7(5-8(7,9)10)6-3-2-4-11-6/h2-4H,5H2,1H3. The zero-order chi connectivity index (χ0) is 8.11. The minimum absolute atomic E-state index is 0.165. The van der Waals surface area contributed by atoms with Gasteiger partial charge in [0.25, 0.3) is 0 Å². The second kappa shape index (κ2) is 2.33. The molecule has 0 radical (unpaired) electrons. The summed E-state index contributed by atoms with van der Waals surface area (Å²) >= 11 is 9.14. The lowest BCUT2D eigenvalue weighted by molar-refractivity contribution is 0.808. The van der Waals surface area contributed by atoms with Crippen molar-refractivity contribution in [2.75, 3.05) is 0 Å². The highest BCUT2D eigenvalue weighted by atomic mass is 79.9. The third kappa shape index (κ3) is 1.12. The Kier molecular flexibility index (Phi) is 1.75. The van der Waals surface area contributed by atoms with Crippen LogP contribution in [0.3, 0.4) is 0 Å². The fraction of sp³-hybridized carbons (Fsp3) is 0.500. The lowest BCUT2D eigenvalue weighted by Crippen LogP contribution is -2.06. The number of rotatable bonds is 1. The van der Waals surface area contributed by atoms with Gasteiger partial charge in [0.05, 0.1) is 3.23 Å². The van der Waals surface area contributed by atoms with Gasteiger partial charge in [-0.25, -0.2) is 0 Å². The Morgan fingerprint density at radius 1 is 1.55 bits per heavy atom. The topological polar surface area (TPSA) is 0 Å². The van der Waals surface area contributed by atoms with Crippen LogP contribution in [0.5, 0.6) is 0 Å². The molecular formula is C8H8Br2S. The predicted molar refractivity (Wildman–Crippen MR) is 56.9 cm³/mol. The Labute approximate surface area is 87.3 Å². The Bertz CT molecular complexity index is 266. The molecule has 0 bridgehead atoms. The van der Waals surface area contributed by atoms with Crippen LogP contribution in [0.4, 0.5) is 0 Å². The van der Waals surface area contributed by atoms with Gasteiger partial charge in [-0.05, 0) is 17.9 Å². The average molecular weight is 296 g/mol. The first-order valence-corrected chi connectivity index (χ1v) is 5.95. The maximum Gasteiger partial charge on any atom is 0.0917 e. The summed E-state index contributed by atoms with van der Waals surface area (Å²) < 4.78 is 0.165. The molecule has 2 rings (SSSR count). The fourth-order valence-corrected chi connectivity index (χ4v) is 4.04. The predicted octanol–water partition coefficient (Wildman–Crippen LogP) is 3.90. The van der Waals surface area contributed by atoms with Crippen molar-refractivity contribution in [3.05, 3.63) is 22.4 Å². The molecule has 0 spiro atoms. The van der Waals surface area contributed by atoms with Gasteiger partial charge in [0.2, 0.25) is 0 Å². The molecule has 0 aliphatic heterocycles. The van der Waals surface area contributed by atoms with Crippen molar-refractivity contribution >= 4 is 43.2 Å². The second-order valence-corrected chi connectivity index (χ2v) is 7.91. The molecule has 0 N–H and O–H groups in total. The number of halogens is 2. The first-order valence-electron chi connectivity index (χ1n) is 3.48. The van der Waals surface area contributed by atoms with Crippen LogP contribution >= 0.6 is 43.2 Å². The number of alkyl halides is 2. The molecule has 1 atom stereocenters. The maximum absolute atomic E-state index is 3.65. The molecule has 0 amide bonds. The van der Waals surface area contributed by atoms with E-state index in [-0.39, 0.29) is 3.23 Å². The third-order valence-corrected chi connectivity index (χ3v) is 5.77. The fourth-order valence-electron chi connectivity index (χ4n) is 1.26. The molecule has 1 aromatic heterocycles. The smallest absolute Gasteiger partial charge is 0.0917 e. The van der Waals surface area contributed by atoms with Crippen LogP contribution in [0.2, 0.25) is 0 Å². The summed E-state index contributed by atoms with van der Waals surface area (Å²) in [5, 5.41) is 2.13. The van der Waals surface area contributed by atoms with Gasteiger partial charge in [-0.2, -0.15) is 0 Å². The van der Waals surface area contributed by atoms with Crippen LogP contribution in [0, 0.1) is 0 Å². The van der Waals surface area contributed by atoms with E-state index in [9.17, 15) is 0 Å². The summed E-state index contributed by atoms with van der Waals surface area (Å²) in [5.74, 6) is 0. The van der Waals surface area contributed by atoms with Gasteiger partial charge in [-0.1, -0.05) is 44.8 Å². The van der Waals surface area contributed by atoms with Crippen molar-refractivity contribution in [2.45, 2.75) is 22.0 Å². The highest BCUT2D eigenvalue weighted by Gasteiger charge is 2.63. The number of hydrogen-bond donors (Lipinski definition) is 0. The van der Waals surface area contributed by atoms with E-state index in [0.717, 1.165) is 0 Å². The SMILES string of the molecule is CC1(c2cccs2)CC1(Br)Br. The van der Waals surface area contributed by atoms with Gasteiger partial charge in [-0.3, -0.25) is 0 Å². The molecule has 1 aliphatic carbocycles. The van der Waals surface area contributed by atoms with Crippen LogP contribution in [0.25, 0.3) is 0 Å². The number of hydrogen-bond acceptors (Lipinski definition) is 1. The Morgan fingerprint density at radius 3 is 2.55 bits per heavy atom. The van der Waals surface area contributed by atoms with Crippen molar-refractivity contribution in [1.29, 1.82) is 0 Å². The molecule has 11 heavy (non-hydrogen) atoms. The minimum atomic E-state index is 0.165. The van der Waals surface area contributed by atoms with Crippen molar-refractivity contribution in [3.8, 4) is 0 Å². The van der Waals surface area contributed by atoms with E-state index < -0.39 is 0 Å². The molecule has 1 heterocycles. The van der Waals surface area contributed by atoms with Crippen LogP contribution in [-0.4, -0.2) is 3.23 Å². The van der Waals surface area contributed by atoms with Crippen LogP contribution < -0.4 is 0 Å². The lowest BCUT2D eigenvalue weighted by atomic mass is 10.1. The van der Waals surface area contributed by atoms with Gasteiger partial charge in [0, 0.05) is 10.3 Å². The first-order chi connectivity index (χ1) is 5.06. The van der Waals surface area contributed by atoms with E-state index in [0.29, 0.717) is 5.41 Å². The second-order valence-electron chi connectivity index (χ2n) is 3.19. The summed E-state index contributed by atoms with van der Waals surface area (Å²) in [5.41, 5.74) is 0.321. The van der Waals surface area contributed by atoms with E-state index in [4.69, 9.17) is 0 Å². The molecule has 1 saturated carbocycles. The monoisotopic (exact) mass is 294 g/mol. The van der Waals surface area contributed by atoms with E-state index in [1.165, 1.54) is 11.3 Å². The van der Waals surface area contributed by atoms with Crippen LogP contribution in [-0.2, 0) is 5.41 Å². The summed E-state index contributed by atoms with van der Waals surface area (Å²) in [6.07, 6.45) is 1.18. The zero-order valence-corrected chi connectivity index (χ0v) is 10.1. The van der Waals surface area contributed by atoms with Crippen molar-refractivity contribution < 1.29 is 0 Å². The highest BCUT2D eigenvalue weighted by Crippen LogP contribution is 2.67. The van der Waals surface area contributed by atoms with E-state index in [2.05, 4.69) is 56.3 Å². The third-order valence-electron chi connectivity index (χ3n) is 2.32. The Balaban J connectivity index is 2.33. The summed E-state index contributed by atoms with van der Waals surface area (Å²) in [4.78, 5) is 1.46. The van der Waals surface area contributed by atoms with Crippen molar-refractivity contribution in [2.24, 2.45) is 0 Å². The largest absolute Gasteiger partial charge is 0.148 e. The molecule has 1 aliphatic rings. The molecule has 0 saturated heterocycles. The average Bonchev–Trinajstić information content (AvgIpc) is 2.36. The Morgan fingerprint density at radius 2 is 2.18 bits per heavy atom. The molecular weight excluding hydrogens is 288 g/mol. The molecule has 60 valence electrons. The highest BCUT2D eigenvalue weighted by molar-refractivity contribution is 9.25. The minimum Gasteiger partial charge on any atom is -0.148 e. The number of thiophene rings is 1.